The van der Waals surface area contributed by atoms with Crippen molar-refractivity contribution in [2.45, 2.75) is 19.1 Å². The molecule has 18 heavy (non-hydrogen) atoms. The highest BCUT2D eigenvalue weighted by atomic mass is 16.5. The van der Waals surface area contributed by atoms with Gasteiger partial charge in [0.05, 0.1) is 18.4 Å². The number of rotatable bonds is 7. The summed E-state index contributed by atoms with van der Waals surface area (Å²) < 4.78 is 6.86. The fraction of sp³-hybridized carbons (Fsp3) is 0.462. The van der Waals surface area contributed by atoms with E-state index in [2.05, 4.69) is 10.3 Å². The molecule has 0 amide bonds. The van der Waals surface area contributed by atoms with Crippen LogP contribution in [-0.4, -0.2) is 40.9 Å². The lowest BCUT2D eigenvalue weighted by atomic mass is 10.2. The van der Waals surface area contributed by atoms with E-state index in [1.807, 2.05) is 35.0 Å². The third-order valence-corrected chi connectivity index (χ3v) is 2.73. The molecule has 2 N–H and O–H groups in total. The van der Waals surface area contributed by atoms with Gasteiger partial charge in [-0.25, -0.2) is 4.98 Å². The van der Waals surface area contributed by atoms with Crippen LogP contribution in [0.4, 0.5) is 0 Å². The van der Waals surface area contributed by atoms with Gasteiger partial charge in [-0.05, 0) is 25.1 Å². The second kappa shape index (κ2) is 6.49. The summed E-state index contributed by atoms with van der Waals surface area (Å²) >= 11 is 0. The van der Waals surface area contributed by atoms with Gasteiger partial charge in [0, 0.05) is 26.0 Å². The molecule has 98 valence electrons. The monoisotopic (exact) mass is 249 g/mol. The van der Waals surface area contributed by atoms with Gasteiger partial charge in [-0.3, -0.25) is 0 Å². The van der Waals surface area contributed by atoms with E-state index in [4.69, 9.17) is 4.74 Å². The smallest absolute Gasteiger partial charge is 0.137 e. The topological polar surface area (TPSA) is 58.8 Å². The van der Waals surface area contributed by atoms with Crippen molar-refractivity contribution in [2.24, 2.45) is 0 Å². The maximum atomic E-state index is 9.48. The molecule has 0 aliphatic rings. The molecule has 5 nitrogen and oxygen atoms in total. The molecule has 1 atom stereocenters. The van der Waals surface area contributed by atoms with E-state index in [1.54, 1.807) is 7.11 Å². The molecule has 2 heterocycles. The third-order valence-electron chi connectivity index (χ3n) is 2.73. The minimum atomic E-state index is -0.399. The quantitative estimate of drug-likeness (QED) is 0.713. The Kier molecular flexibility index (Phi) is 4.69. The highest BCUT2D eigenvalue weighted by Gasteiger charge is 2.03. The molecule has 0 aliphatic heterocycles. The van der Waals surface area contributed by atoms with Crippen LogP contribution < -0.4 is 5.32 Å². The van der Waals surface area contributed by atoms with E-state index in [0.29, 0.717) is 19.6 Å². The van der Waals surface area contributed by atoms with Gasteiger partial charge in [-0.2, -0.15) is 0 Å². The van der Waals surface area contributed by atoms with Crippen molar-refractivity contribution in [1.29, 1.82) is 0 Å². The van der Waals surface area contributed by atoms with Crippen LogP contribution in [0.25, 0.3) is 5.65 Å². The summed E-state index contributed by atoms with van der Waals surface area (Å²) in [6, 6.07) is 5.93. The zero-order valence-electron chi connectivity index (χ0n) is 10.5. The summed E-state index contributed by atoms with van der Waals surface area (Å²) in [7, 11) is 1.59. The number of aromatic nitrogens is 2. The van der Waals surface area contributed by atoms with E-state index in [9.17, 15) is 5.11 Å². The number of ether oxygens (including phenoxy) is 1. The lowest BCUT2D eigenvalue weighted by molar-refractivity contribution is 0.0594. The molecule has 0 radical (unpaired) electrons. The van der Waals surface area contributed by atoms with E-state index >= 15 is 0 Å². The number of fused-ring (bicyclic) bond motifs is 1. The molecule has 0 saturated heterocycles. The molecule has 0 aromatic carbocycles. The van der Waals surface area contributed by atoms with Crippen LogP contribution in [0.15, 0.2) is 30.6 Å². The van der Waals surface area contributed by atoms with Crippen molar-refractivity contribution < 1.29 is 9.84 Å². The first-order valence-corrected chi connectivity index (χ1v) is 6.10. The fourth-order valence-electron chi connectivity index (χ4n) is 1.83. The molecule has 0 spiro atoms. The molecular formula is C13H19N3O2. The first-order chi connectivity index (χ1) is 8.79. The summed E-state index contributed by atoms with van der Waals surface area (Å²) in [5.74, 6) is 0. The molecule has 1 unspecified atom stereocenters. The molecule has 2 aromatic rings. The van der Waals surface area contributed by atoms with Crippen LogP contribution in [0.2, 0.25) is 0 Å². The van der Waals surface area contributed by atoms with Crippen LogP contribution in [-0.2, 0) is 11.3 Å². The Morgan fingerprint density at radius 1 is 1.50 bits per heavy atom. The minimum Gasteiger partial charge on any atom is -0.391 e. The third kappa shape index (κ3) is 3.53. The summed E-state index contributed by atoms with van der Waals surface area (Å²) in [5, 5.41) is 12.7. The molecule has 0 fully saturated rings. The van der Waals surface area contributed by atoms with Crippen LogP contribution in [0.3, 0.4) is 0 Å². The van der Waals surface area contributed by atoms with Crippen molar-refractivity contribution in [2.75, 3.05) is 20.3 Å². The zero-order valence-corrected chi connectivity index (χ0v) is 10.5. The number of hydrogen-bond acceptors (Lipinski definition) is 4. The van der Waals surface area contributed by atoms with Crippen molar-refractivity contribution in [3.63, 3.8) is 0 Å². The van der Waals surface area contributed by atoms with E-state index in [1.165, 1.54) is 0 Å². The standard InChI is InChI=1S/C13H19N3O2/c1-18-10-12(17)5-6-14-8-11-9-16-7-3-2-4-13(16)15-11/h2-4,7,9,12,14,17H,5-6,8,10H2,1H3. The molecule has 0 saturated carbocycles. The van der Waals surface area contributed by atoms with Crippen LogP contribution in [0, 0.1) is 0 Å². The summed E-state index contributed by atoms with van der Waals surface area (Å²) in [5.41, 5.74) is 1.95. The Balaban J connectivity index is 1.76. The van der Waals surface area contributed by atoms with E-state index < -0.39 is 6.10 Å². The van der Waals surface area contributed by atoms with Gasteiger partial charge in [-0.1, -0.05) is 6.07 Å². The van der Waals surface area contributed by atoms with Gasteiger partial charge in [-0.15, -0.1) is 0 Å². The summed E-state index contributed by atoms with van der Waals surface area (Å²) in [4.78, 5) is 4.48. The maximum Gasteiger partial charge on any atom is 0.137 e. The Hall–Kier alpha value is -1.43. The van der Waals surface area contributed by atoms with Crippen LogP contribution >= 0.6 is 0 Å². The van der Waals surface area contributed by atoms with Crippen LogP contribution in [0.1, 0.15) is 12.1 Å². The van der Waals surface area contributed by atoms with Gasteiger partial charge in [0.25, 0.3) is 0 Å². The molecule has 2 rings (SSSR count). The SMILES string of the molecule is COCC(O)CCNCc1cn2ccccc2n1. The van der Waals surface area contributed by atoms with Gasteiger partial charge in [0.15, 0.2) is 0 Å². The Bertz CT molecular complexity index is 451. The molecule has 0 aliphatic carbocycles. The Labute approximate surface area is 106 Å². The number of aliphatic hydroxyl groups is 1. The number of nitrogens with one attached hydrogen (secondary N) is 1. The highest BCUT2D eigenvalue weighted by molar-refractivity contribution is 5.39. The second-order valence-corrected chi connectivity index (χ2v) is 4.27. The number of hydrogen-bond donors (Lipinski definition) is 2. The lowest BCUT2D eigenvalue weighted by Gasteiger charge is -2.09. The average Bonchev–Trinajstić information content (AvgIpc) is 2.77. The second-order valence-electron chi connectivity index (χ2n) is 4.27. The Morgan fingerprint density at radius 2 is 2.39 bits per heavy atom. The van der Waals surface area contributed by atoms with Gasteiger partial charge >= 0.3 is 0 Å². The number of aliphatic hydroxyl groups excluding tert-OH is 1. The normalized spacial score (nSPS) is 13.0. The van der Waals surface area contributed by atoms with Crippen molar-refractivity contribution in [1.82, 2.24) is 14.7 Å². The number of imidazole rings is 1. The molecular weight excluding hydrogens is 230 g/mol. The van der Waals surface area contributed by atoms with Gasteiger partial charge < -0.3 is 19.6 Å². The van der Waals surface area contributed by atoms with Crippen LogP contribution in [0.5, 0.6) is 0 Å². The predicted octanol–water partition coefficient (Wildman–Crippen LogP) is 0.821. The lowest BCUT2D eigenvalue weighted by Crippen LogP contribution is -2.23. The Morgan fingerprint density at radius 3 is 3.17 bits per heavy atom. The number of methoxy groups -OCH3 is 1. The first-order valence-electron chi connectivity index (χ1n) is 6.10. The first kappa shape index (κ1) is 13.0. The largest absolute Gasteiger partial charge is 0.391 e. The maximum absolute atomic E-state index is 9.48. The van der Waals surface area contributed by atoms with E-state index in [0.717, 1.165) is 17.9 Å². The van der Waals surface area contributed by atoms with Crippen molar-refractivity contribution in [3.8, 4) is 0 Å². The van der Waals surface area contributed by atoms with E-state index in [-0.39, 0.29) is 0 Å². The summed E-state index contributed by atoms with van der Waals surface area (Å²) in [6.45, 7) is 1.84. The highest BCUT2D eigenvalue weighted by Crippen LogP contribution is 2.04. The molecule has 0 bridgehead atoms. The molecule has 5 heteroatoms. The van der Waals surface area contributed by atoms with Gasteiger partial charge in [0.2, 0.25) is 0 Å². The predicted molar refractivity (Wildman–Crippen MR) is 69.4 cm³/mol. The minimum absolute atomic E-state index is 0.385. The average molecular weight is 249 g/mol. The van der Waals surface area contributed by atoms with Crippen molar-refractivity contribution >= 4 is 5.65 Å². The molecule has 2 aromatic heterocycles. The fourth-order valence-corrected chi connectivity index (χ4v) is 1.83. The van der Waals surface area contributed by atoms with Gasteiger partial charge in [0.1, 0.15) is 5.65 Å². The van der Waals surface area contributed by atoms with Crippen molar-refractivity contribution in [3.05, 3.63) is 36.3 Å². The number of nitrogens with zero attached hydrogens (tertiary/aromatic N) is 2. The summed E-state index contributed by atoms with van der Waals surface area (Å²) in [6.07, 6.45) is 4.27. The number of pyridine rings is 1. The zero-order chi connectivity index (χ0) is 12.8.